The van der Waals surface area contributed by atoms with Crippen LogP contribution in [0, 0.1) is 5.92 Å². The molecule has 1 aliphatic rings. The topological polar surface area (TPSA) is 39.9 Å². The molecule has 3 nitrogen and oxygen atoms in total. The van der Waals surface area contributed by atoms with E-state index in [1.54, 1.807) is 0 Å². The van der Waals surface area contributed by atoms with Gasteiger partial charge in [0.05, 0.1) is 0 Å². The van der Waals surface area contributed by atoms with Gasteiger partial charge in [0.1, 0.15) is 0 Å². The maximum atomic E-state index is 3.52. The van der Waals surface area contributed by atoms with Crippen LogP contribution in [0.25, 0.3) is 0 Å². The summed E-state index contributed by atoms with van der Waals surface area (Å²) in [5.41, 5.74) is 1.33. The molecular weight excluding hydrogens is 198 g/mol. The summed E-state index contributed by atoms with van der Waals surface area (Å²) >= 11 is 0. The molecule has 0 aliphatic carbocycles. The molecule has 0 spiro atoms. The van der Waals surface area contributed by atoms with Gasteiger partial charge in [-0.25, -0.2) is 0 Å². The van der Waals surface area contributed by atoms with Crippen LogP contribution in [0.2, 0.25) is 0 Å². The van der Waals surface area contributed by atoms with E-state index in [9.17, 15) is 0 Å². The van der Waals surface area contributed by atoms with Crippen LogP contribution in [0.4, 0.5) is 0 Å². The zero-order valence-electron chi connectivity index (χ0n) is 9.97. The second-order valence-electron chi connectivity index (χ2n) is 4.70. The van der Waals surface area contributed by atoms with Crippen LogP contribution < -0.4 is 10.6 Å². The first-order valence-corrected chi connectivity index (χ1v) is 6.49. The highest BCUT2D eigenvalue weighted by Gasteiger charge is 2.11. The molecule has 1 aliphatic heterocycles. The Hall–Kier alpha value is -0.800. The number of nitrogens with one attached hydrogen (secondary N) is 3. The molecule has 1 saturated heterocycles. The van der Waals surface area contributed by atoms with Crippen molar-refractivity contribution >= 4 is 0 Å². The van der Waals surface area contributed by atoms with Gasteiger partial charge >= 0.3 is 0 Å². The van der Waals surface area contributed by atoms with E-state index < -0.39 is 0 Å². The third-order valence-corrected chi connectivity index (χ3v) is 3.36. The Bertz CT molecular complexity index is 263. The van der Waals surface area contributed by atoms with Crippen molar-refractivity contribution in [3.8, 4) is 0 Å². The number of piperidine rings is 1. The number of hydrogen-bond donors (Lipinski definition) is 3. The van der Waals surface area contributed by atoms with E-state index in [1.807, 2.05) is 6.20 Å². The highest BCUT2D eigenvalue weighted by molar-refractivity contribution is 5.03. The maximum absolute atomic E-state index is 3.52. The fourth-order valence-corrected chi connectivity index (χ4v) is 2.35. The van der Waals surface area contributed by atoms with Gasteiger partial charge in [-0.3, -0.25) is 0 Å². The van der Waals surface area contributed by atoms with E-state index in [-0.39, 0.29) is 0 Å². The van der Waals surface area contributed by atoms with Crippen LogP contribution in [-0.2, 0) is 6.42 Å². The highest BCUT2D eigenvalue weighted by Crippen LogP contribution is 2.12. The van der Waals surface area contributed by atoms with E-state index in [2.05, 4.69) is 27.8 Å². The minimum absolute atomic E-state index is 0.895. The fraction of sp³-hybridized carbons (Fsp3) is 0.692. The molecular formula is C13H23N3. The molecule has 3 heteroatoms. The van der Waals surface area contributed by atoms with Crippen molar-refractivity contribution in [2.75, 3.05) is 26.2 Å². The van der Waals surface area contributed by atoms with E-state index in [0.717, 1.165) is 25.4 Å². The molecule has 90 valence electrons. The van der Waals surface area contributed by atoms with E-state index in [0.29, 0.717) is 0 Å². The minimum Gasteiger partial charge on any atom is -0.365 e. The van der Waals surface area contributed by atoms with Crippen LogP contribution in [0.3, 0.4) is 0 Å². The first-order valence-electron chi connectivity index (χ1n) is 6.49. The molecule has 1 aromatic heterocycles. The average Bonchev–Trinajstić information content (AvgIpc) is 2.83. The van der Waals surface area contributed by atoms with Crippen LogP contribution in [0.1, 0.15) is 25.0 Å². The third kappa shape index (κ3) is 3.99. The summed E-state index contributed by atoms with van der Waals surface area (Å²) in [4.78, 5) is 3.23. The van der Waals surface area contributed by atoms with Gasteiger partial charge in [0.15, 0.2) is 0 Å². The van der Waals surface area contributed by atoms with Gasteiger partial charge in [0, 0.05) is 18.4 Å². The molecule has 1 aromatic rings. The van der Waals surface area contributed by atoms with Gasteiger partial charge in [-0.1, -0.05) is 0 Å². The largest absolute Gasteiger partial charge is 0.365 e. The number of H-pyrrole nitrogens is 1. The van der Waals surface area contributed by atoms with Gasteiger partial charge in [0.25, 0.3) is 0 Å². The molecule has 1 atom stereocenters. The van der Waals surface area contributed by atoms with Crippen LogP contribution in [0.5, 0.6) is 0 Å². The Morgan fingerprint density at radius 3 is 3.12 bits per heavy atom. The molecule has 0 bridgehead atoms. The van der Waals surface area contributed by atoms with Crippen LogP contribution in [-0.4, -0.2) is 31.2 Å². The Morgan fingerprint density at radius 1 is 1.38 bits per heavy atom. The summed E-state index contributed by atoms with van der Waals surface area (Å²) in [6.45, 7) is 4.68. The van der Waals surface area contributed by atoms with E-state index in [1.165, 1.54) is 38.0 Å². The molecule has 2 heterocycles. The van der Waals surface area contributed by atoms with Crippen molar-refractivity contribution in [3.05, 3.63) is 24.0 Å². The summed E-state index contributed by atoms with van der Waals surface area (Å²) < 4.78 is 0. The first kappa shape index (κ1) is 11.7. The number of hydrogen-bond acceptors (Lipinski definition) is 2. The smallest absolute Gasteiger partial charge is 0.0159 e. The predicted molar refractivity (Wildman–Crippen MR) is 67.6 cm³/mol. The lowest BCUT2D eigenvalue weighted by molar-refractivity contribution is 0.352. The molecule has 3 N–H and O–H groups in total. The summed E-state index contributed by atoms with van der Waals surface area (Å²) in [6, 6.07) is 4.20. The minimum atomic E-state index is 0.895. The second-order valence-corrected chi connectivity index (χ2v) is 4.70. The highest BCUT2D eigenvalue weighted by atomic mass is 14.9. The summed E-state index contributed by atoms with van der Waals surface area (Å²) in [5.74, 6) is 0.895. The molecule has 2 rings (SSSR count). The van der Waals surface area contributed by atoms with Gasteiger partial charge in [0.2, 0.25) is 0 Å². The van der Waals surface area contributed by atoms with E-state index >= 15 is 0 Å². The Kier molecular flexibility index (Phi) is 4.90. The molecule has 0 aromatic carbocycles. The van der Waals surface area contributed by atoms with Crippen molar-refractivity contribution in [2.45, 2.75) is 25.7 Å². The Morgan fingerprint density at radius 2 is 2.38 bits per heavy atom. The SMILES string of the molecule is c1c[nH]c(CCNCCC2CCCNC2)c1. The Labute approximate surface area is 98.0 Å². The standard InChI is InChI=1S/C13H23N3/c1-3-12(11-15-7-1)5-9-14-10-6-13-4-2-8-16-13/h2,4,8,12,14-16H,1,3,5-7,9-11H2. The second kappa shape index (κ2) is 6.71. The lowest BCUT2D eigenvalue weighted by atomic mass is 9.96. The van der Waals surface area contributed by atoms with Crippen LogP contribution >= 0.6 is 0 Å². The molecule has 0 saturated carbocycles. The van der Waals surface area contributed by atoms with Crippen molar-refractivity contribution < 1.29 is 0 Å². The van der Waals surface area contributed by atoms with Gasteiger partial charge < -0.3 is 15.6 Å². The van der Waals surface area contributed by atoms with Gasteiger partial charge in [-0.15, -0.1) is 0 Å². The van der Waals surface area contributed by atoms with Crippen molar-refractivity contribution in [1.82, 2.24) is 15.6 Å². The predicted octanol–water partition coefficient (Wildman–Crippen LogP) is 1.54. The maximum Gasteiger partial charge on any atom is 0.0159 e. The average molecular weight is 221 g/mol. The first-order chi connectivity index (χ1) is 7.95. The van der Waals surface area contributed by atoms with Crippen molar-refractivity contribution in [1.29, 1.82) is 0 Å². The number of aromatic amines is 1. The van der Waals surface area contributed by atoms with E-state index in [4.69, 9.17) is 0 Å². The quantitative estimate of drug-likeness (QED) is 0.638. The van der Waals surface area contributed by atoms with Crippen LogP contribution in [0.15, 0.2) is 18.3 Å². The van der Waals surface area contributed by atoms with Crippen molar-refractivity contribution in [2.24, 2.45) is 5.92 Å². The molecule has 0 amide bonds. The summed E-state index contributed by atoms with van der Waals surface area (Å²) in [5, 5.41) is 6.99. The Balaban J connectivity index is 1.48. The molecule has 16 heavy (non-hydrogen) atoms. The lowest BCUT2D eigenvalue weighted by Crippen LogP contribution is -2.32. The van der Waals surface area contributed by atoms with Gasteiger partial charge in [-0.05, 0) is 63.4 Å². The molecule has 1 fully saturated rings. The summed E-state index contributed by atoms with van der Waals surface area (Å²) in [7, 11) is 0. The molecule has 1 unspecified atom stereocenters. The van der Waals surface area contributed by atoms with Crippen molar-refractivity contribution in [3.63, 3.8) is 0 Å². The normalized spacial score (nSPS) is 21.1. The summed E-state index contributed by atoms with van der Waals surface area (Å²) in [6.07, 6.45) is 7.18. The lowest BCUT2D eigenvalue weighted by Gasteiger charge is -2.22. The van der Waals surface area contributed by atoms with Gasteiger partial charge in [-0.2, -0.15) is 0 Å². The monoisotopic (exact) mass is 221 g/mol. The third-order valence-electron chi connectivity index (χ3n) is 3.36. The number of aromatic nitrogens is 1. The zero-order valence-corrected chi connectivity index (χ0v) is 9.97. The number of rotatable bonds is 6. The molecule has 0 radical (unpaired) electrons. The fourth-order valence-electron chi connectivity index (χ4n) is 2.35. The zero-order chi connectivity index (χ0) is 11.1.